The molecule has 0 saturated carbocycles. The first-order valence-electron chi connectivity index (χ1n) is 11.2. The molecule has 1 N–H and O–H groups in total. The first-order chi connectivity index (χ1) is 18.4. The SMILES string of the molecule is COc1cc(/C=C2/SC(=O)N(CCNC(=O)/C(C#N)=C\c3ccc4c(c3)OCO4)C2=O)cc(OC)c1OC. The average Bonchev–Trinajstić information content (AvgIpc) is 3.50. The molecule has 1 saturated heterocycles. The lowest BCUT2D eigenvalue weighted by molar-refractivity contribution is -0.123. The lowest BCUT2D eigenvalue weighted by Gasteiger charge is -2.13. The van der Waals surface area contributed by atoms with Crippen LogP contribution in [0.4, 0.5) is 4.79 Å². The van der Waals surface area contributed by atoms with Crippen LogP contribution in [0, 0.1) is 11.3 Å². The summed E-state index contributed by atoms with van der Waals surface area (Å²) in [5.74, 6) is 1.19. The molecule has 2 aliphatic heterocycles. The van der Waals surface area contributed by atoms with Crippen LogP contribution in [0.5, 0.6) is 28.7 Å². The third kappa shape index (κ3) is 5.52. The number of nitrogens with one attached hydrogen (secondary N) is 1. The van der Waals surface area contributed by atoms with Gasteiger partial charge in [-0.05, 0) is 59.3 Å². The predicted molar refractivity (Wildman–Crippen MR) is 138 cm³/mol. The zero-order chi connectivity index (χ0) is 27.2. The molecule has 2 heterocycles. The fourth-order valence-electron chi connectivity index (χ4n) is 3.72. The largest absolute Gasteiger partial charge is 0.493 e. The van der Waals surface area contributed by atoms with E-state index in [1.165, 1.54) is 27.4 Å². The van der Waals surface area contributed by atoms with Gasteiger partial charge in [-0.3, -0.25) is 19.3 Å². The summed E-state index contributed by atoms with van der Waals surface area (Å²) in [7, 11) is 4.44. The zero-order valence-corrected chi connectivity index (χ0v) is 21.5. The molecule has 2 aromatic rings. The minimum Gasteiger partial charge on any atom is -0.493 e. The molecule has 12 heteroatoms. The number of rotatable bonds is 9. The van der Waals surface area contributed by atoms with Crippen molar-refractivity contribution in [1.82, 2.24) is 10.2 Å². The second-order valence-corrected chi connectivity index (χ2v) is 8.82. The van der Waals surface area contributed by atoms with Crippen LogP contribution in [0.25, 0.3) is 12.2 Å². The molecule has 0 aromatic heterocycles. The smallest absolute Gasteiger partial charge is 0.293 e. The monoisotopic (exact) mass is 537 g/mol. The van der Waals surface area contributed by atoms with Crippen LogP contribution in [-0.2, 0) is 9.59 Å². The number of ether oxygens (including phenoxy) is 5. The maximum Gasteiger partial charge on any atom is 0.293 e. The molecule has 0 aliphatic carbocycles. The number of carbonyl (C=O) groups is 3. The van der Waals surface area contributed by atoms with Crippen molar-refractivity contribution in [2.75, 3.05) is 41.2 Å². The minimum absolute atomic E-state index is 0.0332. The van der Waals surface area contributed by atoms with Gasteiger partial charge in [0.05, 0.1) is 26.2 Å². The van der Waals surface area contributed by atoms with E-state index in [1.54, 1.807) is 36.4 Å². The van der Waals surface area contributed by atoms with Gasteiger partial charge in [-0.1, -0.05) is 6.07 Å². The number of amides is 3. The number of hydrogen-bond donors (Lipinski definition) is 1. The second kappa shape index (κ2) is 11.6. The molecule has 4 rings (SSSR count). The Kier molecular flexibility index (Phi) is 8.08. The van der Waals surface area contributed by atoms with Gasteiger partial charge < -0.3 is 29.0 Å². The van der Waals surface area contributed by atoms with Crippen molar-refractivity contribution in [3.63, 3.8) is 0 Å². The first kappa shape index (κ1) is 26.4. The molecule has 2 aromatic carbocycles. The fourth-order valence-corrected chi connectivity index (χ4v) is 4.59. The van der Waals surface area contributed by atoms with Crippen LogP contribution in [0.1, 0.15) is 11.1 Å². The van der Waals surface area contributed by atoms with E-state index in [0.29, 0.717) is 39.9 Å². The van der Waals surface area contributed by atoms with E-state index in [1.807, 2.05) is 6.07 Å². The lowest BCUT2D eigenvalue weighted by atomic mass is 10.1. The summed E-state index contributed by atoms with van der Waals surface area (Å²) in [6.45, 7) is 0.0138. The Morgan fingerprint density at radius 2 is 1.79 bits per heavy atom. The number of methoxy groups -OCH3 is 3. The van der Waals surface area contributed by atoms with Gasteiger partial charge in [0.1, 0.15) is 11.6 Å². The summed E-state index contributed by atoms with van der Waals surface area (Å²) < 4.78 is 26.5. The summed E-state index contributed by atoms with van der Waals surface area (Å²) in [5, 5.41) is 11.5. The number of nitrogens with zero attached hydrogens (tertiary/aromatic N) is 2. The van der Waals surface area contributed by atoms with E-state index in [4.69, 9.17) is 23.7 Å². The molecule has 3 amide bonds. The Labute approximate surface area is 222 Å². The van der Waals surface area contributed by atoms with Crippen molar-refractivity contribution in [2.24, 2.45) is 0 Å². The second-order valence-electron chi connectivity index (χ2n) is 7.83. The third-order valence-electron chi connectivity index (χ3n) is 5.55. The highest BCUT2D eigenvalue weighted by Crippen LogP contribution is 2.40. The van der Waals surface area contributed by atoms with Crippen LogP contribution in [0.15, 0.2) is 40.8 Å². The Hall–Kier alpha value is -4.63. The summed E-state index contributed by atoms with van der Waals surface area (Å²) in [5.41, 5.74) is 1.02. The molecular formula is C26H23N3O8S. The molecule has 1 fully saturated rings. The Balaban J connectivity index is 1.40. The van der Waals surface area contributed by atoms with Gasteiger partial charge >= 0.3 is 0 Å². The van der Waals surface area contributed by atoms with Gasteiger partial charge in [0, 0.05) is 13.1 Å². The number of carbonyl (C=O) groups excluding carboxylic acids is 3. The van der Waals surface area contributed by atoms with Crippen molar-refractivity contribution in [3.05, 3.63) is 51.9 Å². The van der Waals surface area contributed by atoms with E-state index in [9.17, 15) is 19.6 Å². The minimum atomic E-state index is -0.634. The molecule has 0 spiro atoms. The van der Waals surface area contributed by atoms with Crippen LogP contribution < -0.4 is 29.0 Å². The lowest BCUT2D eigenvalue weighted by Crippen LogP contribution is -2.37. The molecule has 11 nitrogen and oxygen atoms in total. The van der Waals surface area contributed by atoms with Crippen molar-refractivity contribution >= 4 is 41.0 Å². The highest BCUT2D eigenvalue weighted by atomic mass is 32.2. The van der Waals surface area contributed by atoms with Crippen LogP contribution in [0.3, 0.4) is 0 Å². The number of thioether (sulfide) groups is 1. The van der Waals surface area contributed by atoms with Crippen LogP contribution >= 0.6 is 11.8 Å². The quantitative estimate of drug-likeness (QED) is 0.375. The van der Waals surface area contributed by atoms with Crippen molar-refractivity contribution in [3.8, 4) is 34.8 Å². The molecule has 38 heavy (non-hydrogen) atoms. The molecule has 0 radical (unpaired) electrons. The first-order valence-corrected chi connectivity index (χ1v) is 12.0. The van der Waals surface area contributed by atoms with Gasteiger partial charge in [0.15, 0.2) is 23.0 Å². The van der Waals surface area contributed by atoms with Gasteiger partial charge in [-0.15, -0.1) is 0 Å². The van der Waals surface area contributed by atoms with E-state index in [0.717, 1.165) is 16.7 Å². The van der Waals surface area contributed by atoms with Crippen LogP contribution in [0.2, 0.25) is 0 Å². The van der Waals surface area contributed by atoms with Crippen molar-refractivity contribution in [1.29, 1.82) is 5.26 Å². The van der Waals surface area contributed by atoms with Gasteiger partial charge in [0.2, 0.25) is 12.5 Å². The van der Waals surface area contributed by atoms with Crippen LogP contribution in [-0.4, -0.2) is 63.2 Å². The number of hydrogen-bond acceptors (Lipinski definition) is 10. The molecule has 2 aliphatic rings. The number of imide groups is 1. The van der Waals surface area contributed by atoms with E-state index in [2.05, 4.69) is 5.32 Å². The van der Waals surface area contributed by atoms with Crippen molar-refractivity contribution < 1.29 is 38.1 Å². The molecule has 0 atom stereocenters. The summed E-state index contributed by atoms with van der Waals surface area (Å²) in [4.78, 5) is 39.1. The molecular weight excluding hydrogens is 514 g/mol. The molecule has 196 valence electrons. The number of fused-ring (bicyclic) bond motifs is 1. The predicted octanol–water partition coefficient (Wildman–Crippen LogP) is 3.20. The number of nitriles is 1. The topological polar surface area (TPSA) is 136 Å². The average molecular weight is 538 g/mol. The zero-order valence-electron chi connectivity index (χ0n) is 20.7. The van der Waals surface area contributed by atoms with Gasteiger partial charge in [0.25, 0.3) is 17.1 Å². The van der Waals surface area contributed by atoms with Gasteiger partial charge in [-0.25, -0.2) is 0 Å². The Morgan fingerprint density at radius 3 is 2.45 bits per heavy atom. The molecule has 0 unspecified atom stereocenters. The fraction of sp³-hybridized carbons (Fsp3) is 0.231. The van der Waals surface area contributed by atoms with Crippen molar-refractivity contribution in [2.45, 2.75) is 0 Å². The highest BCUT2D eigenvalue weighted by Gasteiger charge is 2.35. The van der Waals surface area contributed by atoms with E-state index in [-0.39, 0.29) is 30.4 Å². The molecule has 0 bridgehead atoms. The summed E-state index contributed by atoms with van der Waals surface area (Å²) in [6.07, 6.45) is 2.97. The number of benzene rings is 2. The summed E-state index contributed by atoms with van der Waals surface area (Å²) >= 11 is 0.782. The standard InChI is InChI=1S/C26H23N3O8S/c1-33-20-10-16(11-21(34-2)23(20)35-3)12-22-25(31)29(26(32)38-22)7-6-28-24(30)17(13-27)8-15-4-5-18-19(9-15)37-14-36-18/h4-5,8-12H,6-7,14H2,1-3H3,(H,28,30)/b17-8-,22-12+. The highest BCUT2D eigenvalue weighted by molar-refractivity contribution is 8.18. The maximum absolute atomic E-state index is 12.9. The normalized spacial score (nSPS) is 15.5. The van der Waals surface area contributed by atoms with E-state index < -0.39 is 17.1 Å². The van der Waals surface area contributed by atoms with Gasteiger partial charge in [-0.2, -0.15) is 5.26 Å². The third-order valence-corrected chi connectivity index (χ3v) is 6.46. The Morgan fingerprint density at radius 1 is 1.08 bits per heavy atom. The van der Waals surface area contributed by atoms with E-state index >= 15 is 0 Å². The maximum atomic E-state index is 12.9. The Bertz CT molecular complexity index is 1370. The summed E-state index contributed by atoms with van der Waals surface area (Å²) in [6, 6.07) is 10.2.